The Morgan fingerprint density at radius 2 is 2.09 bits per heavy atom. The van der Waals surface area contributed by atoms with E-state index in [0.29, 0.717) is 0 Å². The van der Waals surface area contributed by atoms with Crippen LogP contribution in [0.5, 0.6) is 0 Å². The molecule has 0 aromatic carbocycles. The van der Waals surface area contributed by atoms with Crippen LogP contribution in [0.2, 0.25) is 0 Å². The molecule has 0 bridgehead atoms. The minimum atomic E-state index is -0.244. The molecule has 126 valence electrons. The number of piperazine rings is 1. The van der Waals surface area contributed by atoms with E-state index < -0.39 is 0 Å². The maximum Gasteiger partial charge on any atom is 0.240 e. The molecule has 1 aromatic rings. The molecule has 1 aliphatic carbocycles. The van der Waals surface area contributed by atoms with Crippen molar-refractivity contribution < 1.29 is 4.79 Å². The summed E-state index contributed by atoms with van der Waals surface area (Å²) in [5.41, 5.74) is 1.01. The predicted molar refractivity (Wildman–Crippen MR) is 87.8 cm³/mol. The number of rotatable bonds is 4. The molecule has 2 saturated heterocycles. The van der Waals surface area contributed by atoms with E-state index >= 15 is 0 Å². The second-order valence-electron chi connectivity index (χ2n) is 7.48. The summed E-state index contributed by atoms with van der Waals surface area (Å²) in [7, 11) is 1.96. The molecule has 1 N–H and O–H groups in total. The quantitative estimate of drug-likeness (QED) is 0.883. The van der Waals surface area contributed by atoms with E-state index in [1.807, 2.05) is 17.9 Å². The molecule has 23 heavy (non-hydrogen) atoms. The van der Waals surface area contributed by atoms with Crippen molar-refractivity contribution in [3.63, 3.8) is 0 Å². The Morgan fingerprint density at radius 3 is 2.74 bits per heavy atom. The molecule has 3 fully saturated rings. The average Bonchev–Trinajstić information content (AvgIpc) is 3.27. The number of nitrogens with one attached hydrogen (secondary N) is 1. The zero-order valence-electron chi connectivity index (χ0n) is 14.0. The third-order valence-electron chi connectivity index (χ3n) is 5.72. The van der Waals surface area contributed by atoms with Gasteiger partial charge in [0.2, 0.25) is 5.91 Å². The molecule has 1 spiro atoms. The van der Waals surface area contributed by atoms with E-state index in [-0.39, 0.29) is 11.4 Å². The van der Waals surface area contributed by atoms with Crippen LogP contribution in [0, 0.1) is 5.92 Å². The van der Waals surface area contributed by atoms with Gasteiger partial charge in [0.25, 0.3) is 0 Å². The van der Waals surface area contributed by atoms with Crippen LogP contribution < -0.4 is 5.32 Å². The lowest BCUT2D eigenvalue weighted by Crippen LogP contribution is -2.68. The van der Waals surface area contributed by atoms with Crippen LogP contribution in [-0.2, 0) is 18.4 Å². The van der Waals surface area contributed by atoms with Gasteiger partial charge in [0.1, 0.15) is 5.54 Å². The first-order chi connectivity index (χ1) is 11.2. The lowest BCUT2D eigenvalue weighted by molar-refractivity contribution is -0.141. The molecule has 4 rings (SSSR count). The van der Waals surface area contributed by atoms with E-state index in [1.165, 1.54) is 18.4 Å². The van der Waals surface area contributed by atoms with Gasteiger partial charge in [-0.3, -0.25) is 19.3 Å². The number of carbonyl (C=O) groups excluding carboxylic acids is 1. The number of aryl methyl sites for hydroxylation is 1. The summed E-state index contributed by atoms with van der Waals surface area (Å²) in [5, 5.41) is 7.37. The largest absolute Gasteiger partial charge is 0.353 e. The second-order valence-corrected chi connectivity index (χ2v) is 7.48. The van der Waals surface area contributed by atoms with Gasteiger partial charge in [-0.2, -0.15) is 5.10 Å². The van der Waals surface area contributed by atoms with Gasteiger partial charge in [0.05, 0.1) is 6.20 Å². The van der Waals surface area contributed by atoms with Gasteiger partial charge in [-0.25, -0.2) is 0 Å². The molecule has 1 saturated carbocycles. The van der Waals surface area contributed by atoms with Crippen molar-refractivity contribution in [1.82, 2.24) is 24.9 Å². The Bertz CT molecular complexity index is 571. The standard InChI is InChI=1S/C17H27N5O/c1-20-11-15(10-19-20)12-21-7-4-17(5-8-21)16(23)18-6-9-22(17)13-14-2-3-14/h10-11,14H,2-9,12-13H2,1H3,(H,18,23). The van der Waals surface area contributed by atoms with Gasteiger partial charge < -0.3 is 5.32 Å². The maximum absolute atomic E-state index is 12.7. The maximum atomic E-state index is 12.7. The molecule has 6 nitrogen and oxygen atoms in total. The summed E-state index contributed by atoms with van der Waals surface area (Å²) in [6.07, 6.45) is 8.62. The number of likely N-dealkylation sites (tertiary alicyclic amines) is 1. The summed E-state index contributed by atoms with van der Waals surface area (Å²) in [6, 6.07) is 0. The highest BCUT2D eigenvalue weighted by molar-refractivity contribution is 5.87. The Kier molecular flexibility index (Phi) is 3.89. The lowest BCUT2D eigenvalue weighted by Gasteiger charge is -2.50. The zero-order valence-corrected chi connectivity index (χ0v) is 14.0. The van der Waals surface area contributed by atoms with Gasteiger partial charge in [-0.15, -0.1) is 0 Å². The van der Waals surface area contributed by atoms with Crippen LogP contribution in [-0.4, -0.2) is 63.8 Å². The molecule has 1 aromatic heterocycles. The van der Waals surface area contributed by atoms with Crippen LogP contribution >= 0.6 is 0 Å². The van der Waals surface area contributed by atoms with Crippen molar-refractivity contribution in [3.8, 4) is 0 Å². The van der Waals surface area contributed by atoms with E-state index in [4.69, 9.17) is 0 Å². The molecule has 0 unspecified atom stereocenters. The number of aromatic nitrogens is 2. The van der Waals surface area contributed by atoms with Gasteiger partial charge in [0, 0.05) is 58.1 Å². The lowest BCUT2D eigenvalue weighted by atomic mass is 9.82. The molecule has 2 aliphatic heterocycles. The molecule has 1 amide bonds. The Labute approximate surface area is 137 Å². The summed E-state index contributed by atoms with van der Waals surface area (Å²) in [4.78, 5) is 17.6. The van der Waals surface area contributed by atoms with Crippen molar-refractivity contribution in [3.05, 3.63) is 18.0 Å². The van der Waals surface area contributed by atoms with Crippen molar-refractivity contribution in [2.24, 2.45) is 13.0 Å². The average molecular weight is 317 g/mol. The number of hydrogen-bond donors (Lipinski definition) is 1. The molecule has 0 atom stereocenters. The first-order valence-electron chi connectivity index (χ1n) is 8.89. The topological polar surface area (TPSA) is 53.4 Å². The van der Waals surface area contributed by atoms with Crippen molar-refractivity contribution in [2.75, 3.05) is 32.7 Å². The summed E-state index contributed by atoms with van der Waals surface area (Å²) >= 11 is 0. The number of amides is 1. The Hall–Kier alpha value is -1.40. The van der Waals surface area contributed by atoms with Gasteiger partial charge in [-0.05, 0) is 31.6 Å². The van der Waals surface area contributed by atoms with Gasteiger partial charge in [0.15, 0.2) is 0 Å². The van der Waals surface area contributed by atoms with Crippen molar-refractivity contribution in [1.29, 1.82) is 0 Å². The fraction of sp³-hybridized carbons (Fsp3) is 0.765. The normalized spacial score (nSPS) is 25.7. The zero-order chi connectivity index (χ0) is 15.9. The SMILES string of the molecule is Cn1cc(CN2CCC3(CC2)C(=O)NCCN3CC2CC2)cn1. The minimum Gasteiger partial charge on any atom is -0.353 e. The van der Waals surface area contributed by atoms with Crippen LogP contribution in [0.3, 0.4) is 0 Å². The highest BCUT2D eigenvalue weighted by Gasteiger charge is 2.48. The van der Waals surface area contributed by atoms with Crippen LogP contribution in [0.15, 0.2) is 12.4 Å². The fourth-order valence-electron chi connectivity index (χ4n) is 4.14. The first-order valence-corrected chi connectivity index (χ1v) is 8.89. The summed E-state index contributed by atoms with van der Waals surface area (Å²) < 4.78 is 1.85. The Balaban J connectivity index is 1.41. The number of piperidine rings is 1. The van der Waals surface area contributed by atoms with Crippen molar-refractivity contribution in [2.45, 2.75) is 37.8 Å². The molecule has 3 heterocycles. The minimum absolute atomic E-state index is 0.244. The fourth-order valence-corrected chi connectivity index (χ4v) is 4.14. The molecular formula is C17H27N5O. The third-order valence-corrected chi connectivity index (χ3v) is 5.72. The highest BCUT2D eigenvalue weighted by Crippen LogP contribution is 2.37. The molecule has 6 heteroatoms. The molecule has 0 radical (unpaired) electrons. The van der Waals surface area contributed by atoms with E-state index in [0.717, 1.165) is 58.0 Å². The van der Waals surface area contributed by atoms with E-state index in [9.17, 15) is 4.79 Å². The van der Waals surface area contributed by atoms with Crippen LogP contribution in [0.25, 0.3) is 0 Å². The smallest absolute Gasteiger partial charge is 0.240 e. The van der Waals surface area contributed by atoms with E-state index in [2.05, 4.69) is 26.4 Å². The molecule has 3 aliphatic rings. The number of carbonyl (C=O) groups is 1. The highest BCUT2D eigenvalue weighted by atomic mass is 16.2. The van der Waals surface area contributed by atoms with E-state index in [1.54, 1.807) is 0 Å². The second kappa shape index (κ2) is 5.91. The monoisotopic (exact) mass is 317 g/mol. The summed E-state index contributed by atoms with van der Waals surface area (Å²) in [5.74, 6) is 1.11. The van der Waals surface area contributed by atoms with Crippen LogP contribution in [0.4, 0.5) is 0 Å². The third kappa shape index (κ3) is 3.02. The van der Waals surface area contributed by atoms with Gasteiger partial charge in [-0.1, -0.05) is 0 Å². The van der Waals surface area contributed by atoms with Gasteiger partial charge >= 0.3 is 0 Å². The Morgan fingerprint density at radius 1 is 1.30 bits per heavy atom. The van der Waals surface area contributed by atoms with Crippen LogP contribution in [0.1, 0.15) is 31.2 Å². The first kappa shape index (κ1) is 15.1. The number of nitrogens with zero attached hydrogens (tertiary/aromatic N) is 4. The molecular weight excluding hydrogens is 290 g/mol. The number of hydrogen-bond acceptors (Lipinski definition) is 4. The predicted octanol–water partition coefficient (Wildman–Crippen LogP) is 0.597. The summed E-state index contributed by atoms with van der Waals surface area (Å²) in [6.45, 7) is 5.87. The van der Waals surface area contributed by atoms with Crippen molar-refractivity contribution >= 4 is 5.91 Å².